The molecule has 0 bridgehead atoms. The summed E-state index contributed by atoms with van der Waals surface area (Å²) in [5.41, 5.74) is 1.03. The van der Waals surface area contributed by atoms with Crippen LogP contribution in [-0.4, -0.2) is 43.3 Å². The molecule has 0 aliphatic carbocycles. The topological polar surface area (TPSA) is 80.5 Å². The van der Waals surface area contributed by atoms with Crippen molar-refractivity contribution in [3.8, 4) is 0 Å². The van der Waals surface area contributed by atoms with Gasteiger partial charge in [-0.3, -0.25) is 15.0 Å². The number of sulfone groups is 1. The van der Waals surface area contributed by atoms with Crippen molar-refractivity contribution in [2.75, 3.05) is 25.1 Å². The van der Waals surface area contributed by atoms with Crippen LogP contribution in [0.5, 0.6) is 0 Å². The summed E-state index contributed by atoms with van der Waals surface area (Å²) < 4.78 is 22.6. The lowest BCUT2D eigenvalue weighted by Gasteiger charge is -2.31. The monoisotopic (exact) mass is 312 g/mol. The van der Waals surface area contributed by atoms with Gasteiger partial charge in [0, 0.05) is 24.9 Å². The number of hydrogen-bond donors (Lipinski definition) is 0. The molecular formula is C14H20N2O4S. The van der Waals surface area contributed by atoms with E-state index in [-0.39, 0.29) is 22.3 Å². The maximum Gasteiger partial charge on any atom is 0.269 e. The van der Waals surface area contributed by atoms with E-state index in [1.54, 1.807) is 12.1 Å². The maximum absolute atomic E-state index is 11.3. The van der Waals surface area contributed by atoms with E-state index in [4.69, 9.17) is 0 Å². The molecule has 1 fully saturated rings. The average Bonchev–Trinajstić information content (AvgIpc) is 2.40. The van der Waals surface area contributed by atoms with Gasteiger partial charge in [0.1, 0.15) is 9.84 Å². The van der Waals surface area contributed by atoms with E-state index in [2.05, 4.69) is 4.90 Å². The number of nitrogens with zero attached hydrogens (tertiary/aromatic N) is 2. The summed E-state index contributed by atoms with van der Waals surface area (Å²) in [5.74, 6) is 0.499. The normalized spacial score (nSPS) is 17.8. The van der Waals surface area contributed by atoms with Crippen LogP contribution in [0.15, 0.2) is 24.3 Å². The molecule has 0 saturated carbocycles. The molecule has 1 aromatic rings. The van der Waals surface area contributed by atoms with E-state index >= 15 is 0 Å². The highest BCUT2D eigenvalue weighted by atomic mass is 32.2. The van der Waals surface area contributed by atoms with Crippen LogP contribution in [0.2, 0.25) is 0 Å². The number of likely N-dealkylation sites (tertiary alicyclic amines) is 1. The Morgan fingerprint density at radius 1 is 1.33 bits per heavy atom. The summed E-state index contributed by atoms with van der Waals surface area (Å²) in [6.07, 6.45) is 3.01. The van der Waals surface area contributed by atoms with Crippen LogP contribution in [0.3, 0.4) is 0 Å². The van der Waals surface area contributed by atoms with Gasteiger partial charge in [-0.15, -0.1) is 0 Å². The van der Waals surface area contributed by atoms with Crippen LogP contribution >= 0.6 is 0 Å². The molecule has 6 nitrogen and oxygen atoms in total. The van der Waals surface area contributed by atoms with Crippen molar-refractivity contribution >= 4 is 15.5 Å². The highest BCUT2D eigenvalue weighted by molar-refractivity contribution is 7.90. The fourth-order valence-electron chi connectivity index (χ4n) is 2.77. The Balaban J connectivity index is 1.89. The number of rotatable bonds is 5. The van der Waals surface area contributed by atoms with Crippen LogP contribution in [0.4, 0.5) is 5.69 Å². The van der Waals surface area contributed by atoms with Gasteiger partial charge in [0.15, 0.2) is 0 Å². The highest BCUT2D eigenvalue weighted by Gasteiger charge is 2.22. The van der Waals surface area contributed by atoms with Gasteiger partial charge in [-0.1, -0.05) is 12.1 Å². The molecule has 21 heavy (non-hydrogen) atoms. The molecule has 1 heterocycles. The van der Waals surface area contributed by atoms with Gasteiger partial charge in [-0.2, -0.15) is 0 Å². The highest BCUT2D eigenvalue weighted by Crippen LogP contribution is 2.21. The Kier molecular flexibility index (Phi) is 4.95. The zero-order valence-electron chi connectivity index (χ0n) is 12.1. The third-order valence-corrected chi connectivity index (χ3v) is 4.85. The first-order valence-electron chi connectivity index (χ1n) is 6.97. The first kappa shape index (κ1) is 15.9. The van der Waals surface area contributed by atoms with Gasteiger partial charge in [-0.25, -0.2) is 8.42 Å². The molecule has 0 N–H and O–H groups in total. The SMILES string of the molecule is CS(=O)(=O)CC1CCN(Cc2cccc([N+](=O)[O-])c2)CC1. The standard InChI is InChI=1S/C14H20N2O4S/c1-21(19,20)11-12-5-7-15(8-6-12)10-13-3-2-4-14(9-13)16(17)18/h2-4,9,12H,5-8,10-11H2,1H3. The number of nitro groups is 1. The first-order valence-corrected chi connectivity index (χ1v) is 9.03. The second kappa shape index (κ2) is 6.53. The summed E-state index contributed by atoms with van der Waals surface area (Å²) in [6.45, 7) is 2.35. The van der Waals surface area contributed by atoms with E-state index in [9.17, 15) is 18.5 Å². The fraction of sp³-hybridized carbons (Fsp3) is 0.571. The molecule has 0 spiro atoms. The first-order chi connectivity index (χ1) is 9.83. The smallest absolute Gasteiger partial charge is 0.269 e. The van der Waals surface area contributed by atoms with E-state index in [1.807, 2.05) is 6.07 Å². The predicted molar refractivity (Wildman–Crippen MR) is 80.8 cm³/mol. The third kappa shape index (κ3) is 5.09. The van der Waals surface area contributed by atoms with Crippen LogP contribution in [0.1, 0.15) is 18.4 Å². The summed E-state index contributed by atoms with van der Waals surface area (Å²) >= 11 is 0. The van der Waals surface area contributed by atoms with Crippen molar-refractivity contribution in [3.63, 3.8) is 0 Å². The number of nitro benzene ring substituents is 1. The quantitative estimate of drug-likeness (QED) is 0.612. The molecule has 1 aliphatic heterocycles. The molecule has 116 valence electrons. The number of non-ortho nitro benzene ring substituents is 1. The second-order valence-corrected chi connectivity index (χ2v) is 7.92. The Hall–Kier alpha value is -1.47. The van der Waals surface area contributed by atoms with E-state index in [1.165, 1.54) is 12.3 Å². The molecule has 1 saturated heterocycles. The molecule has 0 aromatic heterocycles. The molecule has 0 radical (unpaired) electrons. The number of benzene rings is 1. The van der Waals surface area contributed by atoms with Crippen molar-refractivity contribution in [2.45, 2.75) is 19.4 Å². The van der Waals surface area contributed by atoms with E-state index in [0.717, 1.165) is 31.5 Å². The van der Waals surface area contributed by atoms with Crippen molar-refractivity contribution in [1.29, 1.82) is 0 Å². The van der Waals surface area contributed by atoms with Gasteiger partial charge in [-0.05, 0) is 37.4 Å². The second-order valence-electron chi connectivity index (χ2n) is 5.74. The predicted octanol–water partition coefficient (Wildman–Crippen LogP) is 1.85. The molecule has 1 aliphatic rings. The minimum atomic E-state index is -2.91. The zero-order chi connectivity index (χ0) is 15.5. The van der Waals surface area contributed by atoms with Crippen molar-refractivity contribution in [2.24, 2.45) is 5.92 Å². The number of hydrogen-bond acceptors (Lipinski definition) is 5. The van der Waals surface area contributed by atoms with E-state index in [0.29, 0.717) is 6.54 Å². The van der Waals surface area contributed by atoms with E-state index < -0.39 is 9.84 Å². The Morgan fingerprint density at radius 2 is 2.00 bits per heavy atom. The van der Waals surface area contributed by atoms with Gasteiger partial charge in [0.2, 0.25) is 0 Å². The molecular weight excluding hydrogens is 292 g/mol. The van der Waals surface area contributed by atoms with Gasteiger partial charge < -0.3 is 0 Å². The molecule has 2 rings (SSSR count). The van der Waals surface area contributed by atoms with Crippen molar-refractivity contribution in [3.05, 3.63) is 39.9 Å². The van der Waals surface area contributed by atoms with Gasteiger partial charge in [0.25, 0.3) is 5.69 Å². The van der Waals surface area contributed by atoms with Crippen LogP contribution in [-0.2, 0) is 16.4 Å². The number of piperidine rings is 1. The van der Waals surface area contributed by atoms with Crippen LogP contribution in [0.25, 0.3) is 0 Å². The van der Waals surface area contributed by atoms with Crippen molar-refractivity contribution in [1.82, 2.24) is 4.90 Å². The Morgan fingerprint density at radius 3 is 2.57 bits per heavy atom. The van der Waals surface area contributed by atoms with Crippen molar-refractivity contribution < 1.29 is 13.3 Å². The Labute approximate surface area is 124 Å². The minimum Gasteiger partial charge on any atom is -0.299 e. The Bertz CT molecular complexity index is 607. The summed E-state index contributed by atoms with van der Waals surface area (Å²) in [7, 11) is -2.91. The van der Waals surface area contributed by atoms with Crippen LogP contribution in [0, 0.1) is 16.0 Å². The largest absolute Gasteiger partial charge is 0.299 e. The molecule has 0 amide bonds. The lowest BCUT2D eigenvalue weighted by molar-refractivity contribution is -0.384. The summed E-state index contributed by atoms with van der Waals surface area (Å²) in [5, 5.41) is 10.8. The molecule has 0 atom stereocenters. The lowest BCUT2D eigenvalue weighted by atomic mass is 9.98. The average molecular weight is 312 g/mol. The molecule has 7 heteroatoms. The lowest BCUT2D eigenvalue weighted by Crippen LogP contribution is -2.35. The van der Waals surface area contributed by atoms with Gasteiger partial charge in [0.05, 0.1) is 10.7 Å². The van der Waals surface area contributed by atoms with Crippen LogP contribution < -0.4 is 0 Å². The molecule has 0 unspecified atom stereocenters. The minimum absolute atomic E-state index is 0.111. The summed E-state index contributed by atoms with van der Waals surface area (Å²) in [6, 6.07) is 6.67. The zero-order valence-corrected chi connectivity index (χ0v) is 12.9. The fourth-order valence-corrected chi connectivity index (χ4v) is 3.96. The summed E-state index contributed by atoms with van der Waals surface area (Å²) in [4.78, 5) is 12.6. The maximum atomic E-state index is 11.3. The molecule has 1 aromatic carbocycles. The van der Waals surface area contributed by atoms with Gasteiger partial charge >= 0.3 is 0 Å². The third-order valence-electron chi connectivity index (χ3n) is 3.77.